The summed E-state index contributed by atoms with van der Waals surface area (Å²) in [5.74, 6) is 1.13. The molecule has 0 saturated carbocycles. The molecule has 1 aromatic heterocycles. The molecule has 28 heavy (non-hydrogen) atoms. The fourth-order valence-corrected chi connectivity index (χ4v) is 4.14. The summed E-state index contributed by atoms with van der Waals surface area (Å²) in [6.45, 7) is 9.37. The van der Waals surface area contributed by atoms with Crippen molar-refractivity contribution in [1.82, 2.24) is 19.4 Å². The molecule has 152 valence electrons. The predicted octanol–water partition coefficient (Wildman–Crippen LogP) is 3.41. The number of likely N-dealkylation sites (tertiary alicyclic amines) is 1. The molecule has 2 heterocycles. The zero-order valence-electron chi connectivity index (χ0n) is 17.7. The second-order valence-corrected chi connectivity index (χ2v) is 8.04. The third kappa shape index (κ3) is 3.77. The van der Waals surface area contributed by atoms with E-state index in [1.54, 1.807) is 4.90 Å². The highest BCUT2D eigenvalue weighted by Gasteiger charge is 2.33. The van der Waals surface area contributed by atoms with E-state index in [-0.39, 0.29) is 36.4 Å². The third-order valence-electron chi connectivity index (χ3n) is 6.10. The molecular formula is C22H32N4O2. The van der Waals surface area contributed by atoms with Crippen LogP contribution in [0.4, 0.5) is 0 Å². The Kier molecular flexibility index (Phi) is 6.06. The van der Waals surface area contributed by atoms with Crippen molar-refractivity contribution in [2.45, 2.75) is 71.5 Å². The summed E-state index contributed by atoms with van der Waals surface area (Å²) in [6.07, 6.45) is 2.31. The minimum atomic E-state index is 0.0262. The molecule has 3 atom stereocenters. The number of fused-ring (bicyclic) bond motifs is 1. The van der Waals surface area contributed by atoms with Gasteiger partial charge in [-0.2, -0.15) is 0 Å². The maximum atomic E-state index is 13.4. The van der Waals surface area contributed by atoms with Gasteiger partial charge in [0, 0.05) is 38.0 Å². The van der Waals surface area contributed by atoms with Gasteiger partial charge in [-0.15, -0.1) is 0 Å². The van der Waals surface area contributed by atoms with Crippen LogP contribution in [0.25, 0.3) is 11.0 Å². The van der Waals surface area contributed by atoms with Gasteiger partial charge in [-0.05, 0) is 38.8 Å². The van der Waals surface area contributed by atoms with Crippen molar-refractivity contribution in [3.05, 3.63) is 30.1 Å². The fourth-order valence-electron chi connectivity index (χ4n) is 4.14. The number of nitrogens with zero attached hydrogens (tertiary/aromatic N) is 4. The third-order valence-corrected chi connectivity index (χ3v) is 6.10. The van der Waals surface area contributed by atoms with Gasteiger partial charge in [-0.1, -0.05) is 26.0 Å². The van der Waals surface area contributed by atoms with E-state index in [2.05, 4.69) is 27.7 Å². The summed E-state index contributed by atoms with van der Waals surface area (Å²) < 4.78 is 2.03. The van der Waals surface area contributed by atoms with Gasteiger partial charge in [0.25, 0.3) is 0 Å². The maximum Gasteiger partial charge on any atom is 0.243 e. The Bertz CT molecular complexity index is 849. The van der Waals surface area contributed by atoms with Gasteiger partial charge in [-0.25, -0.2) is 4.98 Å². The monoisotopic (exact) mass is 384 g/mol. The van der Waals surface area contributed by atoms with Crippen molar-refractivity contribution in [3.8, 4) is 0 Å². The normalized spacial score (nSPS) is 19.2. The Labute approximate surface area is 167 Å². The number of benzene rings is 1. The van der Waals surface area contributed by atoms with Gasteiger partial charge < -0.3 is 14.4 Å². The SMILES string of the molecule is CCC(C)N(C(=O)Cn1c(C2CC(=O)N(C)C2)nc2ccccc21)C(C)CC. The van der Waals surface area contributed by atoms with Crippen molar-refractivity contribution < 1.29 is 9.59 Å². The summed E-state index contributed by atoms with van der Waals surface area (Å²) in [4.78, 5) is 34.0. The van der Waals surface area contributed by atoms with Crippen LogP contribution in [-0.2, 0) is 16.1 Å². The van der Waals surface area contributed by atoms with E-state index < -0.39 is 0 Å². The molecule has 0 spiro atoms. The Morgan fingerprint density at radius 1 is 1.21 bits per heavy atom. The molecule has 6 heteroatoms. The second-order valence-electron chi connectivity index (χ2n) is 8.04. The van der Waals surface area contributed by atoms with E-state index in [1.165, 1.54) is 0 Å². The lowest BCUT2D eigenvalue weighted by molar-refractivity contribution is -0.136. The highest BCUT2D eigenvalue weighted by atomic mass is 16.2. The first-order valence-electron chi connectivity index (χ1n) is 10.4. The van der Waals surface area contributed by atoms with E-state index in [0.717, 1.165) is 29.7 Å². The Hall–Kier alpha value is -2.37. The van der Waals surface area contributed by atoms with Crippen molar-refractivity contribution in [2.75, 3.05) is 13.6 Å². The Balaban J connectivity index is 1.98. The lowest BCUT2D eigenvalue weighted by Crippen LogP contribution is -2.46. The molecular weight excluding hydrogens is 352 g/mol. The Morgan fingerprint density at radius 3 is 2.43 bits per heavy atom. The molecule has 3 rings (SSSR count). The first-order valence-corrected chi connectivity index (χ1v) is 10.4. The van der Waals surface area contributed by atoms with Crippen LogP contribution in [0, 0.1) is 0 Å². The number of hydrogen-bond donors (Lipinski definition) is 0. The summed E-state index contributed by atoms with van der Waals surface area (Å²) >= 11 is 0. The van der Waals surface area contributed by atoms with Crippen LogP contribution in [0.3, 0.4) is 0 Å². The molecule has 0 aliphatic carbocycles. The zero-order chi connectivity index (χ0) is 20.4. The van der Waals surface area contributed by atoms with E-state index in [1.807, 2.05) is 40.8 Å². The van der Waals surface area contributed by atoms with E-state index in [0.29, 0.717) is 13.0 Å². The van der Waals surface area contributed by atoms with Crippen molar-refractivity contribution in [2.24, 2.45) is 0 Å². The van der Waals surface area contributed by atoms with Gasteiger partial charge in [0.05, 0.1) is 11.0 Å². The first kappa shape index (κ1) is 20.4. The molecule has 3 unspecified atom stereocenters. The summed E-state index contributed by atoms with van der Waals surface area (Å²) in [5.41, 5.74) is 1.84. The summed E-state index contributed by atoms with van der Waals surface area (Å²) in [7, 11) is 1.83. The summed E-state index contributed by atoms with van der Waals surface area (Å²) in [6, 6.07) is 8.31. The number of likely N-dealkylation sites (N-methyl/N-ethyl adjacent to an activating group) is 1. The minimum Gasteiger partial charge on any atom is -0.345 e. The Morgan fingerprint density at radius 2 is 1.86 bits per heavy atom. The van der Waals surface area contributed by atoms with E-state index in [4.69, 9.17) is 4.98 Å². The number of imidazole rings is 1. The summed E-state index contributed by atoms with van der Waals surface area (Å²) in [5, 5.41) is 0. The molecule has 2 amide bonds. The van der Waals surface area contributed by atoms with Gasteiger partial charge in [0.1, 0.15) is 12.4 Å². The van der Waals surface area contributed by atoms with Crippen LogP contribution < -0.4 is 0 Å². The molecule has 0 bridgehead atoms. The molecule has 1 aromatic carbocycles. The molecule has 2 aromatic rings. The maximum absolute atomic E-state index is 13.4. The fraction of sp³-hybridized carbons (Fsp3) is 0.591. The molecule has 1 aliphatic rings. The van der Waals surface area contributed by atoms with Crippen LogP contribution in [0.1, 0.15) is 58.7 Å². The highest BCUT2D eigenvalue weighted by molar-refractivity contribution is 5.83. The number of rotatable bonds is 7. The standard InChI is InChI=1S/C22H32N4O2/c1-6-15(3)26(16(4)7-2)21(28)14-25-19-11-9-8-10-18(19)23-22(25)17-12-20(27)24(5)13-17/h8-11,15-17H,6-7,12-14H2,1-5H3. The second kappa shape index (κ2) is 8.33. The average Bonchev–Trinajstić information content (AvgIpc) is 3.21. The molecule has 1 fully saturated rings. The largest absolute Gasteiger partial charge is 0.345 e. The molecule has 0 N–H and O–H groups in total. The minimum absolute atomic E-state index is 0.0262. The van der Waals surface area contributed by atoms with Crippen LogP contribution in [-0.4, -0.2) is 56.8 Å². The molecule has 0 radical (unpaired) electrons. The van der Waals surface area contributed by atoms with Crippen LogP contribution >= 0.6 is 0 Å². The van der Waals surface area contributed by atoms with Crippen LogP contribution in [0.2, 0.25) is 0 Å². The van der Waals surface area contributed by atoms with Crippen molar-refractivity contribution in [1.29, 1.82) is 0 Å². The average molecular weight is 385 g/mol. The molecule has 6 nitrogen and oxygen atoms in total. The zero-order valence-corrected chi connectivity index (χ0v) is 17.7. The first-order chi connectivity index (χ1) is 13.4. The van der Waals surface area contributed by atoms with Gasteiger partial charge >= 0.3 is 0 Å². The predicted molar refractivity (Wildman–Crippen MR) is 111 cm³/mol. The number of carbonyl (C=O) groups is 2. The van der Waals surface area contributed by atoms with E-state index >= 15 is 0 Å². The lowest BCUT2D eigenvalue weighted by Gasteiger charge is -2.34. The lowest BCUT2D eigenvalue weighted by atomic mass is 10.1. The quantitative estimate of drug-likeness (QED) is 0.735. The smallest absolute Gasteiger partial charge is 0.243 e. The topological polar surface area (TPSA) is 58.4 Å². The van der Waals surface area contributed by atoms with Gasteiger partial charge in [0.2, 0.25) is 11.8 Å². The highest BCUT2D eigenvalue weighted by Crippen LogP contribution is 2.30. The van der Waals surface area contributed by atoms with Crippen molar-refractivity contribution in [3.63, 3.8) is 0 Å². The number of carbonyl (C=O) groups excluding carboxylic acids is 2. The number of aromatic nitrogens is 2. The molecule has 1 saturated heterocycles. The van der Waals surface area contributed by atoms with Gasteiger partial charge in [-0.3, -0.25) is 9.59 Å². The van der Waals surface area contributed by atoms with Crippen LogP contribution in [0.5, 0.6) is 0 Å². The van der Waals surface area contributed by atoms with Crippen molar-refractivity contribution >= 4 is 22.8 Å². The number of para-hydroxylation sites is 2. The van der Waals surface area contributed by atoms with E-state index in [9.17, 15) is 9.59 Å². The van der Waals surface area contributed by atoms with Gasteiger partial charge in [0.15, 0.2) is 0 Å². The van der Waals surface area contributed by atoms with Crippen LogP contribution in [0.15, 0.2) is 24.3 Å². The number of hydrogen-bond acceptors (Lipinski definition) is 3. The number of amides is 2. The molecule has 1 aliphatic heterocycles.